The van der Waals surface area contributed by atoms with E-state index in [9.17, 15) is 0 Å². The third-order valence-electron chi connectivity index (χ3n) is 4.38. The van der Waals surface area contributed by atoms with Gasteiger partial charge < -0.3 is 16.3 Å². The molecule has 0 saturated heterocycles. The van der Waals surface area contributed by atoms with E-state index in [2.05, 4.69) is 17.4 Å². The Hall–Kier alpha value is -1.55. The second-order valence-electron chi connectivity index (χ2n) is 5.69. The van der Waals surface area contributed by atoms with Crippen LogP contribution in [0.3, 0.4) is 0 Å². The maximum absolute atomic E-state index is 8.62. The van der Waals surface area contributed by atoms with Gasteiger partial charge in [0.2, 0.25) is 0 Å². The minimum absolute atomic E-state index is 0.155. The molecule has 0 aromatic heterocycles. The highest BCUT2D eigenvalue weighted by Gasteiger charge is 2.19. The van der Waals surface area contributed by atoms with Crippen LogP contribution < -0.4 is 11.1 Å². The topological polar surface area (TPSA) is 70.6 Å². The van der Waals surface area contributed by atoms with Gasteiger partial charge in [-0.3, -0.25) is 0 Å². The molecule has 0 atom stereocenters. The third-order valence-corrected chi connectivity index (χ3v) is 4.38. The van der Waals surface area contributed by atoms with Crippen LogP contribution in [-0.2, 0) is 6.54 Å². The van der Waals surface area contributed by atoms with E-state index in [-0.39, 0.29) is 5.84 Å². The van der Waals surface area contributed by atoms with Gasteiger partial charge >= 0.3 is 0 Å². The number of rotatable bonds is 5. The molecule has 4 heteroatoms. The monoisotopic (exact) mass is 275 g/mol. The first-order valence-electron chi connectivity index (χ1n) is 7.53. The van der Waals surface area contributed by atoms with Crippen LogP contribution in [-0.4, -0.2) is 17.1 Å². The summed E-state index contributed by atoms with van der Waals surface area (Å²) in [6.07, 6.45) is 6.62. The number of nitrogens with two attached hydrogens (primary N) is 1. The summed E-state index contributed by atoms with van der Waals surface area (Å²) in [5.74, 6) is 1.09. The average molecular weight is 275 g/mol. The maximum atomic E-state index is 8.62. The highest BCUT2D eigenvalue weighted by molar-refractivity contribution is 5.96. The van der Waals surface area contributed by atoms with Crippen LogP contribution in [0.4, 0.5) is 0 Å². The number of nitrogens with one attached hydrogen (secondary N) is 1. The molecule has 1 aliphatic rings. The Balaban J connectivity index is 1.80. The SMILES string of the molecule is CCC1CCC(NCc2ccc(C(N)=NO)cc2)CC1. The molecule has 1 aliphatic carbocycles. The molecule has 0 heterocycles. The van der Waals surface area contributed by atoms with Gasteiger partial charge in [0.25, 0.3) is 0 Å². The molecule has 110 valence electrons. The highest BCUT2D eigenvalue weighted by atomic mass is 16.4. The van der Waals surface area contributed by atoms with E-state index in [1.54, 1.807) is 0 Å². The Morgan fingerprint density at radius 2 is 1.90 bits per heavy atom. The largest absolute Gasteiger partial charge is 0.409 e. The van der Waals surface area contributed by atoms with Crippen molar-refractivity contribution in [3.63, 3.8) is 0 Å². The van der Waals surface area contributed by atoms with Crippen molar-refractivity contribution in [1.29, 1.82) is 0 Å². The summed E-state index contributed by atoms with van der Waals surface area (Å²) in [4.78, 5) is 0. The number of hydrogen-bond donors (Lipinski definition) is 3. The van der Waals surface area contributed by atoms with Crippen molar-refractivity contribution in [2.45, 2.75) is 51.6 Å². The maximum Gasteiger partial charge on any atom is 0.170 e. The van der Waals surface area contributed by atoms with Gasteiger partial charge in [-0.2, -0.15) is 0 Å². The van der Waals surface area contributed by atoms with Crippen LogP contribution >= 0.6 is 0 Å². The minimum atomic E-state index is 0.155. The van der Waals surface area contributed by atoms with E-state index in [1.165, 1.54) is 37.7 Å². The van der Waals surface area contributed by atoms with E-state index in [1.807, 2.05) is 24.3 Å². The fraction of sp³-hybridized carbons (Fsp3) is 0.562. The van der Waals surface area contributed by atoms with E-state index >= 15 is 0 Å². The van der Waals surface area contributed by atoms with Crippen LogP contribution in [0.15, 0.2) is 29.4 Å². The zero-order chi connectivity index (χ0) is 14.4. The van der Waals surface area contributed by atoms with Gasteiger partial charge in [0, 0.05) is 18.2 Å². The molecule has 4 N–H and O–H groups in total. The van der Waals surface area contributed by atoms with E-state index < -0.39 is 0 Å². The van der Waals surface area contributed by atoms with Crippen molar-refractivity contribution in [3.8, 4) is 0 Å². The van der Waals surface area contributed by atoms with Crippen molar-refractivity contribution in [1.82, 2.24) is 5.32 Å². The molecule has 0 unspecified atom stereocenters. The number of amidine groups is 1. The average Bonchev–Trinajstić information content (AvgIpc) is 2.53. The van der Waals surface area contributed by atoms with Gasteiger partial charge in [-0.25, -0.2) is 0 Å². The van der Waals surface area contributed by atoms with Gasteiger partial charge in [0.05, 0.1) is 0 Å². The van der Waals surface area contributed by atoms with Gasteiger partial charge in [-0.05, 0) is 37.2 Å². The number of nitrogens with zero attached hydrogens (tertiary/aromatic N) is 1. The Morgan fingerprint density at radius 1 is 1.25 bits per heavy atom. The molecule has 20 heavy (non-hydrogen) atoms. The summed E-state index contributed by atoms with van der Waals surface area (Å²) in [7, 11) is 0. The van der Waals surface area contributed by atoms with Gasteiger partial charge in [-0.15, -0.1) is 0 Å². The second kappa shape index (κ2) is 7.29. The highest BCUT2D eigenvalue weighted by Crippen LogP contribution is 2.26. The van der Waals surface area contributed by atoms with Crippen molar-refractivity contribution >= 4 is 5.84 Å². The standard InChI is InChI=1S/C16H25N3O/c1-2-12-5-9-15(10-6-12)18-11-13-3-7-14(8-4-13)16(17)19-20/h3-4,7-8,12,15,18,20H,2,5-6,9-11H2,1H3,(H2,17,19). The smallest absolute Gasteiger partial charge is 0.170 e. The summed E-state index contributed by atoms with van der Waals surface area (Å²) < 4.78 is 0. The Morgan fingerprint density at radius 3 is 2.45 bits per heavy atom. The third kappa shape index (κ3) is 3.97. The van der Waals surface area contributed by atoms with Crippen molar-refractivity contribution in [2.75, 3.05) is 0 Å². The molecule has 4 nitrogen and oxygen atoms in total. The summed E-state index contributed by atoms with van der Waals surface area (Å²) in [6, 6.07) is 8.48. The fourth-order valence-electron chi connectivity index (χ4n) is 2.89. The van der Waals surface area contributed by atoms with Crippen LogP contribution in [0, 0.1) is 5.92 Å². The summed E-state index contributed by atoms with van der Waals surface area (Å²) >= 11 is 0. The Bertz CT molecular complexity index is 434. The lowest BCUT2D eigenvalue weighted by molar-refractivity contribution is 0.285. The second-order valence-corrected chi connectivity index (χ2v) is 5.69. The summed E-state index contributed by atoms with van der Waals surface area (Å²) in [5.41, 5.74) is 7.53. The summed E-state index contributed by atoms with van der Waals surface area (Å²) in [6.45, 7) is 3.18. The lowest BCUT2D eigenvalue weighted by Crippen LogP contribution is -2.32. The first-order chi connectivity index (χ1) is 9.72. The molecule has 1 aromatic rings. The van der Waals surface area contributed by atoms with Crippen LogP contribution in [0.5, 0.6) is 0 Å². The van der Waals surface area contributed by atoms with Gasteiger partial charge in [0.15, 0.2) is 5.84 Å². The summed E-state index contributed by atoms with van der Waals surface area (Å²) in [5, 5.41) is 15.3. The minimum Gasteiger partial charge on any atom is -0.409 e. The van der Waals surface area contributed by atoms with Crippen LogP contribution in [0.2, 0.25) is 0 Å². The van der Waals surface area contributed by atoms with Gasteiger partial charge in [-0.1, -0.05) is 42.8 Å². The molecule has 1 fully saturated rings. The molecule has 1 saturated carbocycles. The molecule has 0 aliphatic heterocycles. The first-order valence-corrected chi connectivity index (χ1v) is 7.53. The van der Waals surface area contributed by atoms with Crippen molar-refractivity contribution < 1.29 is 5.21 Å². The van der Waals surface area contributed by atoms with Crippen molar-refractivity contribution in [3.05, 3.63) is 35.4 Å². The molecular formula is C16H25N3O. The Kier molecular flexibility index (Phi) is 5.41. The molecule has 0 amide bonds. The fourth-order valence-corrected chi connectivity index (χ4v) is 2.89. The first kappa shape index (κ1) is 14.9. The lowest BCUT2D eigenvalue weighted by Gasteiger charge is -2.28. The zero-order valence-corrected chi connectivity index (χ0v) is 12.2. The predicted molar refractivity (Wildman–Crippen MR) is 81.8 cm³/mol. The molecule has 1 aromatic carbocycles. The van der Waals surface area contributed by atoms with Gasteiger partial charge in [0.1, 0.15) is 0 Å². The Labute approximate surface area is 121 Å². The van der Waals surface area contributed by atoms with Crippen LogP contribution in [0.1, 0.15) is 50.2 Å². The predicted octanol–water partition coefficient (Wildman–Crippen LogP) is 2.84. The molecular weight excluding hydrogens is 250 g/mol. The number of oxime groups is 1. The lowest BCUT2D eigenvalue weighted by atomic mass is 9.84. The molecule has 2 rings (SSSR count). The molecule has 0 bridgehead atoms. The number of benzene rings is 1. The zero-order valence-electron chi connectivity index (χ0n) is 12.2. The number of hydrogen-bond acceptors (Lipinski definition) is 3. The molecule has 0 spiro atoms. The quantitative estimate of drug-likeness (QED) is 0.335. The normalized spacial score (nSPS) is 23.8. The van der Waals surface area contributed by atoms with E-state index in [0.717, 1.165) is 18.0 Å². The van der Waals surface area contributed by atoms with Crippen molar-refractivity contribution in [2.24, 2.45) is 16.8 Å². The van der Waals surface area contributed by atoms with Crippen LogP contribution in [0.25, 0.3) is 0 Å². The van der Waals surface area contributed by atoms with E-state index in [0.29, 0.717) is 6.04 Å². The van der Waals surface area contributed by atoms with E-state index in [4.69, 9.17) is 10.9 Å². The molecule has 0 radical (unpaired) electrons.